The van der Waals surface area contributed by atoms with Gasteiger partial charge < -0.3 is 10.8 Å². The van der Waals surface area contributed by atoms with Crippen LogP contribution in [0.2, 0.25) is 0 Å². The first-order valence-corrected chi connectivity index (χ1v) is 6.01. The molecule has 14 heavy (non-hydrogen) atoms. The minimum Gasteiger partial charge on any atom is -0.394 e. The molecule has 1 aromatic heterocycles. The van der Waals surface area contributed by atoms with Crippen LogP contribution in [-0.4, -0.2) is 11.7 Å². The van der Waals surface area contributed by atoms with E-state index in [4.69, 9.17) is 5.73 Å². The van der Waals surface area contributed by atoms with Crippen LogP contribution in [0.25, 0.3) is 0 Å². The van der Waals surface area contributed by atoms with Gasteiger partial charge in [-0.1, -0.05) is 19.8 Å². The fourth-order valence-corrected chi connectivity index (χ4v) is 2.62. The molecule has 1 atom stereocenters. The maximum Gasteiger partial charge on any atom is 0.0654 e. The standard InChI is InChI=1S/C11H19NOS/c1-3-4-5-11(12,8-13)10-7-14-6-9(10)2/h6-7,13H,3-5,8,12H2,1-2H3/t11-/m0/s1. The Bertz CT molecular complexity index is 285. The number of aryl methyl sites for hydroxylation is 1. The highest BCUT2D eigenvalue weighted by atomic mass is 32.1. The summed E-state index contributed by atoms with van der Waals surface area (Å²) < 4.78 is 0. The van der Waals surface area contributed by atoms with Crippen molar-refractivity contribution in [2.45, 2.75) is 38.6 Å². The molecule has 0 saturated heterocycles. The first kappa shape index (κ1) is 11.7. The number of thiophene rings is 1. The predicted molar refractivity (Wildman–Crippen MR) is 61.5 cm³/mol. The second-order valence-corrected chi connectivity index (χ2v) is 4.63. The molecule has 0 aromatic carbocycles. The van der Waals surface area contributed by atoms with E-state index in [0.29, 0.717) is 0 Å². The molecule has 0 unspecified atom stereocenters. The highest BCUT2D eigenvalue weighted by Crippen LogP contribution is 2.29. The second kappa shape index (κ2) is 4.91. The van der Waals surface area contributed by atoms with E-state index in [1.165, 1.54) is 5.56 Å². The predicted octanol–water partition coefficient (Wildman–Crippen LogP) is 2.39. The number of hydrogen-bond acceptors (Lipinski definition) is 3. The topological polar surface area (TPSA) is 46.2 Å². The van der Waals surface area contributed by atoms with Crippen molar-refractivity contribution in [3.05, 3.63) is 21.9 Å². The molecule has 3 N–H and O–H groups in total. The fourth-order valence-electron chi connectivity index (χ4n) is 1.66. The molecule has 3 heteroatoms. The summed E-state index contributed by atoms with van der Waals surface area (Å²) in [6.07, 6.45) is 3.03. The van der Waals surface area contributed by atoms with Crippen molar-refractivity contribution in [2.75, 3.05) is 6.61 Å². The lowest BCUT2D eigenvalue weighted by atomic mass is 9.86. The van der Waals surface area contributed by atoms with Gasteiger partial charge in [-0.05, 0) is 35.2 Å². The van der Waals surface area contributed by atoms with E-state index in [0.717, 1.165) is 24.8 Å². The third-order valence-electron chi connectivity index (χ3n) is 2.65. The van der Waals surface area contributed by atoms with Crippen LogP contribution in [0.4, 0.5) is 0 Å². The van der Waals surface area contributed by atoms with Crippen molar-refractivity contribution in [1.82, 2.24) is 0 Å². The lowest BCUT2D eigenvalue weighted by molar-refractivity contribution is 0.185. The molecule has 2 nitrogen and oxygen atoms in total. The van der Waals surface area contributed by atoms with Gasteiger partial charge in [-0.25, -0.2) is 0 Å². The van der Waals surface area contributed by atoms with Crippen LogP contribution in [0.15, 0.2) is 10.8 Å². The van der Waals surface area contributed by atoms with E-state index in [1.807, 2.05) is 0 Å². The van der Waals surface area contributed by atoms with E-state index in [-0.39, 0.29) is 6.61 Å². The summed E-state index contributed by atoms with van der Waals surface area (Å²) in [7, 11) is 0. The van der Waals surface area contributed by atoms with Crippen molar-refractivity contribution in [1.29, 1.82) is 0 Å². The Morgan fingerprint density at radius 1 is 1.50 bits per heavy atom. The van der Waals surface area contributed by atoms with Crippen molar-refractivity contribution in [2.24, 2.45) is 5.73 Å². The number of aliphatic hydroxyl groups is 1. The summed E-state index contributed by atoms with van der Waals surface area (Å²) in [5.41, 5.74) is 7.99. The van der Waals surface area contributed by atoms with E-state index in [2.05, 4.69) is 24.6 Å². The normalized spacial score (nSPS) is 15.4. The molecule has 1 rings (SSSR count). The highest BCUT2D eigenvalue weighted by Gasteiger charge is 2.27. The van der Waals surface area contributed by atoms with Crippen LogP contribution in [0.3, 0.4) is 0 Å². The van der Waals surface area contributed by atoms with Gasteiger partial charge in [0.15, 0.2) is 0 Å². The Balaban J connectivity index is 2.84. The van der Waals surface area contributed by atoms with Crippen molar-refractivity contribution in [3.8, 4) is 0 Å². The van der Waals surface area contributed by atoms with E-state index in [1.54, 1.807) is 11.3 Å². The molecule has 80 valence electrons. The minimum absolute atomic E-state index is 0.0323. The van der Waals surface area contributed by atoms with Gasteiger partial charge in [-0.2, -0.15) is 11.3 Å². The van der Waals surface area contributed by atoms with E-state index >= 15 is 0 Å². The molecule has 0 radical (unpaired) electrons. The largest absolute Gasteiger partial charge is 0.394 e. The van der Waals surface area contributed by atoms with Crippen LogP contribution in [0.5, 0.6) is 0 Å². The molecule has 0 saturated carbocycles. The number of hydrogen-bond donors (Lipinski definition) is 2. The Kier molecular flexibility index (Phi) is 4.11. The van der Waals surface area contributed by atoms with Crippen molar-refractivity contribution in [3.63, 3.8) is 0 Å². The Hall–Kier alpha value is -0.380. The summed E-state index contributed by atoms with van der Waals surface area (Å²) in [5, 5.41) is 13.5. The third kappa shape index (κ3) is 2.35. The van der Waals surface area contributed by atoms with E-state index < -0.39 is 5.54 Å². The molecule has 1 aromatic rings. The summed E-state index contributed by atoms with van der Waals surface area (Å²) in [4.78, 5) is 0. The smallest absolute Gasteiger partial charge is 0.0654 e. The monoisotopic (exact) mass is 213 g/mol. The molecule has 1 heterocycles. The van der Waals surface area contributed by atoms with Crippen LogP contribution in [0, 0.1) is 6.92 Å². The van der Waals surface area contributed by atoms with Crippen LogP contribution >= 0.6 is 11.3 Å². The first-order valence-electron chi connectivity index (χ1n) is 5.07. The summed E-state index contributed by atoms with van der Waals surface area (Å²) in [5.74, 6) is 0. The molecule has 0 spiro atoms. The average molecular weight is 213 g/mol. The van der Waals surface area contributed by atoms with Crippen LogP contribution in [-0.2, 0) is 5.54 Å². The lowest BCUT2D eigenvalue weighted by Gasteiger charge is -2.27. The number of unbranched alkanes of at least 4 members (excludes halogenated alkanes) is 1. The molecule has 0 fully saturated rings. The molecule has 0 amide bonds. The van der Waals surface area contributed by atoms with E-state index in [9.17, 15) is 5.11 Å². The highest BCUT2D eigenvalue weighted by molar-refractivity contribution is 7.08. The molecular weight excluding hydrogens is 194 g/mol. The van der Waals surface area contributed by atoms with Crippen molar-refractivity contribution >= 4 is 11.3 Å². The zero-order valence-corrected chi connectivity index (χ0v) is 9.73. The summed E-state index contributed by atoms with van der Waals surface area (Å²) >= 11 is 1.65. The number of aliphatic hydroxyl groups excluding tert-OH is 1. The van der Waals surface area contributed by atoms with Gasteiger partial charge in [-0.3, -0.25) is 0 Å². The maximum atomic E-state index is 9.39. The van der Waals surface area contributed by atoms with Gasteiger partial charge in [0, 0.05) is 0 Å². The fraction of sp³-hybridized carbons (Fsp3) is 0.636. The summed E-state index contributed by atoms with van der Waals surface area (Å²) in [6.45, 7) is 4.22. The maximum absolute atomic E-state index is 9.39. The van der Waals surface area contributed by atoms with Crippen molar-refractivity contribution < 1.29 is 5.11 Å². The van der Waals surface area contributed by atoms with Gasteiger partial charge in [0.2, 0.25) is 0 Å². The summed E-state index contributed by atoms with van der Waals surface area (Å²) in [6, 6.07) is 0. The lowest BCUT2D eigenvalue weighted by Crippen LogP contribution is -2.40. The zero-order valence-electron chi connectivity index (χ0n) is 8.92. The Labute approximate surface area is 89.8 Å². The van der Waals surface area contributed by atoms with Crippen LogP contribution in [0.1, 0.15) is 37.3 Å². The molecule has 0 aliphatic carbocycles. The third-order valence-corrected chi connectivity index (χ3v) is 3.51. The van der Waals surface area contributed by atoms with Crippen LogP contribution < -0.4 is 5.73 Å². The number of nitrogens with two attached hydrogens (primary N) is 1. The zero-order chi connectivity index (χ0) is 10.6. The van der Waals surface area contributed by atoms with Gasteiger partial charge in [0.05, 0.1) is 12.1 Å². The molecule has 0 aliphatic rings. The molecule has 0 bridgehead atoms. The Morgan fingerprint density at radius 2 is 2.21 bits per heavy atom. The van der Waals surface area contributed by atoms with Gasteiger partial charge in [0.1, 0.15) is 0 Å². The second-order valence-electron chi connectivity index (χ2n) is 3.89. The minimum atomic E-state index is -0.528. The van der Waals surface area contributed by atoms with Gasteiger partial charge >= 0.3 is 0 Å². The SMILES string of the molecule is CCCC[C@](N)(CO)c1cscc1C. The molecule has 0 aliphatic heterocycles. The molecular formula is C11H19NOS. The van der Waals surface area contributed by atoms with Gasteiger partial charge in [-0.15, -0.1) is 0 Å². The first-order chi connectivity index (χ1) is 6.64. The average Bonchev–Trinajstić information content (AvgIpc) is 2.61. The number of rotatable bonds is 5. The van der Waals surface area contributed by atoms with Gasteiger partial charge in [0.25, 0.3) is 0 Å². The Morgan fingerprint density at radius 3 is 2.64 bits per heavy atom. The quantitative estimate of drug-likeness (QED) is 0.789.